The van der Waals surface area contributed by atoms with Gasteiger partial charge in [0.1, 0.15) is 0 Å². The maximum Gasteiger partial charge on any atom is 0.272 e. The average molecular weight is 214 g/mol. The van der Waals surface area contributed by atoms with Crippen molar-refractivity contribution in [2.24, 2.45) is 5.73 Å². The Morgan fingerprint density at radius 2 is 2.57 bits per heavy atom. The number of carbonyl (C=O) groups is 1. The number of nitrogens with two attached hydrogens (primary N) is 1. The van der Waals surface area contributed by atoms with E-state index in [9.17, 15) is 4.79 Å². The highest BCUT2D eigenvalue weighted by Crippen LogP contribution is 2.00. The minimum absolute atomic E-state index is 0.0363. The van der Waals surface area contributed by atoms with Gasteiger partial charge in [0.15, 0.2) is 5.69 Å². The molecule has 0 aliphatic rings. The number of hydrogen-bond acceptors (Lipinski definition) is 5. The Kier molecular flexibility index (Phi) is 4.48. The van der Waals surface area contributed by atoms with Crippen LogP contribution in [0.1, 0.15) is 30.3 Å². The fourth-order valence-corrected chi connectivity index (χ4v) is 1.56. The number of nitrogens with zero attached hydrogens (tertiary/aromatic N) is 2. The molecule has 0 fully saturated rings. The Labute approximate surface area is 86.9 Å². The molecule has 0 aromatic carbocycles. The van der Waals surface area contributed by atoms with Crippen molar-refractivity contribution in [3.63, 3.8) is 0 Å². The van der Waals surface area contributed by atoms with Crippen LogP contribution in [0.15, 0.2) is 5.38 Å². The molecule has 0 aliphatic carbocycles. The second-order valence-corrected chi connectivity index (χ2v) is 3.59. The minimum Gasteiger partial charge on any atom is -0.347 e. The molecule has 0 aliphatic heterocycles. The lowest BCUT2D eigenvalue weighted by Crippen LogP contribution is -2.40. The Morgan fingerprint density at radius 3 is 3.07 bits per heavy atom. The summed E-state index contributed by atoms with van der Waals surface area (Å²) in [7, 11) is 0. The summed E-state index contributed by atoms with van der Waals surface area (Å²) in [5, 5.41) is 8.11. The van der Waals surface area contributed by atoms with E-state index in [-0.39, 0.29) is 11.9 Å². The molecule has 1 unspecified atom stereocenters. The quantitative estimate of drug-likeness (QED) is 0.743. The predicted octanol–water partition coefficient (Wildman–Crippen LogP) is 0.395. The van der Waals surface area contributed by atoms with Gasteiger partial charge in [-0.05, 0) is 18.0 Å². The van der Waals surface area contributed by atoms with E-state index in [0.717, 1.165) is 24.4 Å². The molecule has 1 amide bonds. The van der Waals surface area contributed by atoms with Gasteiger partial charge in [-0.1, -0.05) is 17.8 Å². The van der Waals surface area contributed by atoms with Gasteiger partial charge >= 0.3 is 0 Å². The van der Waals surface area contributed by atoms with Crippen molar-refractivity contribution in [1.82, 2.24) is 14.9 Å². The Morgan fingerprint density at radius 1 is 1.79 bits per heavy atom. The van der Waals surface area contributed by atoms with E-state index in [4.69, 9.17) is 5.73 Å². The topological polar surface area (TPSA) is 80.9 Å². The summed E-state index contributed by atoms with van der Waals surface area (Å²) >= 11 is 1.16. The standard InChI is InChI=1S/C8H14N4OS/c1-2-3-6(4-9)10-8(13)7-5-14-12-11-7/h5-6H,2-4,9H2,1H3,(H,10,13). The van der Waals surface area contributed by atoms with Crippen LogP contribution in [0.3, 0.4) is 0 Å². The molecule has 14 heavy (non-hydrogen) atoms. The van der Waals surface area contributed by atoms with Crippen molar-refractivity contribution in [3.05, 3.63) is 11.1 Å². The Hall–Kier alpha value is -1.01. The Bertz CT molecular complexity index is 275. The summed E-state index contributed by atoms with van der Waals surface area (Å²) in [6.07, 6.45) is 1.89. The van der Waals surface area contributed by atoms with Crippen LogP contribution in [0.2, 0.25) is 0 Å². The van der Waals surface area contributed by atoms with Gasteiger partial charge < -0.3 is 11.1 Å². The van der Waals surface area contributed by atoms with Gasteiger partial charge in [-0.25, -0.2) is 0 Å². The lowest BCUT2D eigenvalue weighted by molar-refractivity contribution is 0.0931. The SMILES string of the molecule is CCCC(CN)NC(=O)c1csnn1. The fourth-order valence-electron chi connectivity index (χ4n) is 1.12. The first-order valence-corrected chi connectivity index (χ1v) is 5.39. The summed E-state index contributed by atoms with van der Waals surface area (Å²) in [6.45, 7) is 2.51. The molecule has 0 saturated carbocycles. The van der Waals surface area contributed by atoms with Crippen molar-refractivity contribution < 1.29 is 4.79 Å². The van der Waals surface area contributed by atoms with Crippen molar-refractivity contribution in [3.8, 4) is 0 Å². The number of aromatic nitrogens is 2. The van der Waals surface area contributed by atoms with E-state index in [1.54, 1.807) is 5.38 Å². The van der Waals surface area contributed by atoms with Crippen LogP contribution in [0, 0.1) is 0 Å². The zero-order chi connectivity index (χ0) is 10.4. The second kappa shape index (κ2) is 5.66. The molecule has 78 valence electrons. The first-order valence-electron chi connectivity index (χ1n) is 4.56. The molecule has 0 saturated heterocycles. The molecule has 1 heterocycles. The smallest absolute Gasteiger partial charge is 0.272 e. The molecule has 0 radical (unpaired) electrons. The van der Waals surface area contributed by atoms with Crippen LogP contribution < -0.4 is 11.1 Å². The summed E-state index contributed by atoms with van der Waals surface area (Å²) in [4.78, 5) is 11.5. The molecule has 1 aromatic heterocycles. The van der Waals surface area contributed by atoms with Crippen LogP contribution in [0.4, 0.5) is 0 Å². The molecule has 3 N–H and O–H groups in total. The number of amides is 1. The highest BCUT2D eigenvalue weighted by molar-refractivity contribution is 7.03. The van der Waals surface area contributed by atoms with Gasteiger partial charge in [-0.3, -0.25) is 4.79 Å². The van der Waals surface area contributed by atoms with Gasteiger partial charge in [-0.15, -0.1) is 5.10 Å². The largest absolute Gasteiger partial charge is 0.347 e. The normalized spacial score (nSPS) is 12.4. The zero-order valence-corrected chi connectivity index (χ0v) is 8.88. The van der Waals surface area contributed by atoms with E-state index in [1.807, 2.05) is 0 Å². The van der Waals surface area contributed by atoms with Gasteiger partial charge in [-0.2, -0.15) is 0 Å². The first kappa shape index (κ1) is 11.1. The molecule has 1 aromatic rings. The second-order valence-electron chi connectivity index (χ2n) is 2.98. The van der Waals surface area contributed by atoms with Crippen LogP contribution >= 0.6 is 11.5 Å². The van der Waals surface area contributed by atoms with Crippen molar-refractivity contribution in [2.45, 2.75) is 25.8 Å². The fraction of sp³-hybridized carbons (Fsp3) is 0.625. The van der Waals surface area contributed by atoms with E-state index < -0.39 is 0 Å². The summed E-state index contributed by atoms with van der Waals surface area (Å²) in [6, 6.07) is 0.0363. The summed E-state index contributed by atoms with van der Waals surface area (Å²) in [5.74, 6) is -0.192. The van der Waals surface area contributed by atoms with E-state index in [2.05, 4.69) is 21.8 Å². The average Bonchev–Trinajstić information content (AvgIpc) is 2.69. The van der Waals surface area contributed by atoms with Crippen LogP contribution in [-0.2, 0) is 0 Å². The van der Waals surface area contributed by atoms with E-state index in [0.29, 0.717) is 12.2 Å². The third kappa shape index (κ3) is 3.04. The number of carbonyl (C=O) groups excluding carboxylic acids is 1. The Balaban J connectivity index is 2.47. The number of rotatable bonds is 5. The van der Waals surface area contributed by atoms with Gasteiger partial charge in [0.25, 0.3) is 5.91 Å². The lowest BCUT2D eigenvalue weighted by Gasteiger charge is -2.14. The first-order chi connectivity index (χ1) is 6.77. The van der Waals surface area contributed by atoms with Crippen molar-refractivity contribution >= 4 is 17.4 Å². The molecule has 6 heteroatoms. The highest BCUT2D eigenvalue weighted by atomic mass is 32.1. The van der Waals surface area contributed by atoms with Crippen LogP contribution in [-0.4, -0.2) is 28.1 Å². The predicted molar refractivity (Wildman–Crippen MR) is 55.1 cm³/mol. The maximum atomic E-state index is 11.5. The highest BCUT2D eigenvalue weighted by Gasteiger charge is 2.13. The van der Waals surface area contributed by atoms with E-state index in [1.165, 1.54) is 0 Å². The molecule has 5 nitrogen and oxygen atoms in total. The monoisotopic (exact) mass is 214 g/mol. The number of hydrogen-bond donors (Lipinski definition) is 2. The zero-order valence-electron chi connectivity index (χ0n) is 8.06. The summed E-state index contributed by atoms with van der Waals surface area (Å²) < 4.78 is 3.62. The molecule has 0 bridgehead atoms. The third-order valence-corrected chi connectivity index (χ3v) is 2.35. The molecule has 0 spiro atoms. The maximum absolute atomic E-state index is 11.5. The van der Waals surface area contributed by atoms with Gasteiger partial charge in [0.05, 0.1) is 0 Å². The van der Waals surface area contributed by atoms with E-state index >= 15 is 0 Å². The number of nitrogens with one attached hydrogen (secondary N) is 1. The molecular weight excluding hydrogens is 200 g/mol. The van der Waals surface area contributed by atoms with Crippen LogP contribution in [0.5, 0.6) is 0 Å². The lowest BCUT2D eigenvalue weighted by atomic mass is 10.1. The molecular formula is C8H14N4OS. The summed E-state index contributed by atoms with van der Waals surface area (Å²) in [5.41, 5.74) is 5.88. The molecule has 1 atom stereocenters. The van der Waals surface area contributed by atoms with Gasteiger partial charge in [0, 0.05) is 18.0 Å². The molecule has 1 rings (SSSR count). The minimum atomic E-state index is -0.192. The van der Waals surface area contributed by atoms with Gasteiger partial charge in [0.2, 0.25) is 0 Å². The van der Waals surface area contributed by atoms with Crippen molar-refractivity contribution in [2.75, 3.05) is 6.54 Å². The van der Waals surface area contributed by atoms with Crippen molar-refractivity contribution in [1.29, 1.82) is 0 Å². The van der Waals surface area contributed by atoms with Crippen LogP contribution in [0.25, 0.3) is 0 Å². The third-order valence-electron chi connectivity index (χ3n) is 1.85.